The van der Waals surface area contributed by atoms with Gasteiger partial charge in [-0.05, 0) is 46.5 Å². The van der Waals surface area contributed by atoms with Crippen molar-refractivity contribution in [1.29, 1.82) is 0 Å². The fourth-order valence-electron chi connectivity index (χ4n) is 4.05. The van der Waals surface area contributed by atoms with Gasteiger partial charge in [-0.2, -0.15) is 0 Å². The third-order valence-electron chi connectivity index (χ3n) is 5.92. The van der Waals surface area contributed by atoms with Gasteiger partial charge < -0.3 is 19.1 Å². The van der Waals surface area contributed by atoms with E-state index in [4.69, 9.17) is 14.2 Å². The molecule has 1 amide bonds. The Labute approximate surface area is 196 Å². The molecule has 0 aromatic carbocycles. The molecule has 0 radical (unpaired) electrons. The van der Waals surface area contributed by atoms with Crippen molar-refractivity contribution in [1.82, 2.24) is 9.62 Å². The van der Waals surface area contributed by atoms with Gasteiger partial charge in [0.25, 0.3) is 0 Å². The molecule has 0 aromatic heterocycles. The maximum Gasteiger partial charge on any atom is 0.410 e. The number of carbonyl (C=O) groups is 1. The summed E-state index contributed by atoms with van der Waals surface area (Å²) in [5.74, 6) is 0.509. The molecule has 0 bridgehead atoms. The lowest BCUT2D eigenvalue weighted by Gasteiger charge is -2.35. The lowest BCUT2D eigenvalue weighted by molar-refractivity contribution is -0.0394. The highest BCUT2D eigenvalue weighted by Gasteiger charge is 2.33. The van der Waals surface area contributed by atoms with E-state index in [2.05, 4.69) is 14.7 Å². The minimum absolute atomic E-state index is 0.00818. The smallest absolute Gasteiger partial charge is 0.410 e. The highest BCUT2D eigenvalue weighted by Crippen LogP contribution is 2.29. The topological polar surface area (TPSA) is 119 Å². The second-order valence-corrected chi connectivity index (χ2v) is 11.0. The van der Waals surface area contributed by atoms with E-state index in [1.807, 2.05) is 20.8 Å². The molecule has 1 saturated carbocycles. The quantitative estimate of drug-likeness (QED) is 0.619. The summed E-state index contributed by atoms with van der Waals surface area (Å²) in [6.07, 6.45) is 8.17. The highest BCUT2D eigenvalue weighted by molar-refractivity contribution is 7.88. The molecule has 1 aliphatic carbocycles. The molecule has 2 unspecified atom stereocenters. The molecule has 1 N–H and O–H groups in total. The summed E-state index contributed by atoms with van der Waals surface area (Å²) in [6.45, 7) is 6.88. The van der Waals surface area contributed by atoms with E-state index in [-0.39, 0.29) is 36.6 Å². The highest BCUT2D eigenvalue weighted by atomic mass is 32.2. The van der Waals surface area contributed by atoms with Crippen LogP contribution in [0.4, 0.5) is 4.79 Å². The summed E-state index contributed by atoms with van der Waals surface area (Å²) < 4.78 is 42.6. The number of hydrogen-bond donors (Lipinski definition) is 1. The van der Waals surface area contributed by atoms with Crippen molar-refractivity contribution in [3.05, 3.63) is 11.8 Å². The van der Waals surface area contributed by atoms with Crippen LogP contribution in [0.1, 0.15) is 59.3 Å². The molecule has 3 aliphatic rings. The molecule has 0 spiro atoms. The van der Waals surface area contributed by atoms with Gasteiger partial charge in [0.1, 0.15) is 12.4 Å². The molecule has 10 nitrogen and oxygen atoms in total. The molecule has 2 heterocycles. The van der Waals surface area contributed by atoms with Gasteiger partial charge in [0.2, 0.25) is 10.0 Å². The van der Waals surface area contributed by atoms with Crippen molar-refractivity contribution < 1.29 is 27.4 Å². The number of nitrogens with zero attached hydrogens (tertiary/aromatic N) is 3. The van der Waals surface area contributed by atoms with E-state index >= 15 is 0 Å². The monoisotopic (exact) mass is 484 g/mol. The Kier molecular flexibility index (Phi) is 8.75. The number of sulfonamides is 1. The second kappa shape index (κ2) is 11.3. The van der Waals surface area contributed by atoms with Crippen molar-refractivity contribution in [3.63, 3.8) is 0 Å². The normalized spacial score (nSPS) is 26.7. The van der Waals surface area contributed by atoms with Crippen LogP contribution in [0, 0.1) is 5.92 Å². The molecular weight excluding hydrogens is 448 g/mol. The van der Waals surface area contributed by atoms with E-state index in [1.165, 1.54) is 6.34 Å². The SMILES string of the molecule is CC(C)OC(=O)N1CCC(OC2=NC=NC(OC3CCC(=CNS(C)(=O)=O)CC3)C2C)CC1. The minimum atomic E-state index is -3.23. The van der Waals surface area contributed by atoms with Gasteiger partial charge in [-0.15, -0.1) is 0 Å². The van der Waals surface area contributed by atoms with Crippen LogP contribution in [0.3, 0.4) is 0 Å². The Bertz CT molecular complexity index is 867. The van der Waals surface area contributed by atoms with Crippen molar-refractivity contribution in [2.75, 3.05) is 19.3 Å². The van der Waals surface area contributed by atoms with Gasteiger partial charge in [-0.3, -0.25) is 4.72 Å². The van der Waals surface area contributed by atoms with Crippen LogP contribution < -0.4 is 4.72 Å². The summed E-state index contributed by atoms with van der Waals surface area (Å²) in [4.78, 5) is 22.5. The Hall–Kier alpha value is -2.14. The first-order valence-corrected chi connectivity index (χ1v) is 13.5. The van der Waals surface area contributed by atoms with Gasteiger partial charge in [0.05, 0.1) is 24.4 Å². The van der Waals surface area contributed by atoms with Crippen molar-refractivity contribution in [2.24, 2.45) is 15.9 Å². The zero-order valence-corrected chi connectivity index (χ0v) is 20.7. The Morgan fingerprint density at radius 3 is 2.45 bits per heavy atom. The molecule has 1 saturated heterocycles. The number of amides is 1. The predicted molar refractivity (Wildman–Crippen MR) is 126 cm³/mol. The van der Waals surface area contributed by atoms with Crippen molar-refractivity contribution >= 4 is 28.4 Å². The van der Waals surface area contributed by atoms with Crippen molar-refractivity contribution in [3.8, 4) is 0 Å². The van der Waals surface area contributed by atoms with E-state index in [9.17, 15) is 13.2 Å². The molecule has 2 atom stereocenters. The predicted octanol–water partition coefficient (Wildman–Crippen LogP) is 2.81. The fraction of sp³-hybridized carbons (Fsp3) is 0.773. The van der Waals surface area contributed by atoms with E-state index in [0.717, 1.165) is 50.4 Å². The molecule has 11 heteroatoms. The van der Waals surface area contributed by atoms with Crippen LogP contribution in [0.25, 0.3) is 0 Å². The zero-order chi connectivity index (χ0) is 24.0. The van der Waals surface area contributed by atoms with Crippen LogP contribution >= 0.6 is 0 Å². The number of rotatable bonds is 6. The number of carbonyl (C=O) groups excluding carboxylic acids is 1. The number of nitrogens with one attached hydrogen (secondary N) is 1. The van der Waals surface area contributed by atoms with Crippen LogP contribution in [0.15, 0.2) is 21.8 Å². The summed E-state index contributed by atoms with van der Waals surface area (Å²) in [5.41, 5.74) is 1.08. The maximum absolute atomic E-state index is 12.1. The molecule has 2 fully saturated rings. The van der Waals surface area contributed by atoms with Crippen LogP contribution in [-0.2, 0) is 24.2 Å². The summed E-state index contributed by atoms with van der Waals surface area (Å²) in [7, 11) is -3.23. The van der Waals surface area contributed by atoms with Crippen LogP contribution in [0.5, 0.6) is 0 Å². The van der Waals surface area contributed by atoms with Gasteiger partial charge in [-0.25, -0.2) is 23.2 Å². The number of likely N-dealkylation sites (tertiary alicyclic amines) is 1. The van der Waals surface area contributed by atoms with Crippen LogP contribution in [-0.4, -0.2) is 75.5 Å². The standard InChI is InChI=1S/C22H36N4O6S/c1-15(2)30-22(27)26-11-9-19(10-12-26)32-21-16(3)20(23-14-24-21)31-18-7-5-17(6-8-18)13-25-33(4,28)29/h13-16,18-20,25H,5-12H2,1-4H3. The summed E-state index contributed by atoms with van der Waals surface area (Å²) in [5, 5.41) is 0. The molecule has 0 aromatic rings. The fourth-order valence-corrected chi connectivity index (χ4v) is 4.43. The first-order valence-electron chi connectivity index (χ1n) is 11.6. The van der Waals surface area contributed by atoms with Crippen molar-refractivity contribution in [2.45, 2.75) is 83.8 Å². The molecular formula is C22H36N4O6S. The van der Waals surface area contributed by atoms with E-state index < -0.39 is 10.0 Å². The molecule has 33 heavy (non-hydrogen) atoms. The third kappa shape index (κ3) is 7.99. The Morgan fingerprint density at radius 1 is 1.18 bits per heavy atom. The maximum atomic E-state index is 12.1. The second-order valence-electron chi connectivity index (χ2n) is 9.18. The largest absolute Gasteiger partial charge is 0.477 e. The molecule has 3 rings (SSSR count). The number of piperidine rings is 1. The number of hydrogen-bond acceptors (Lipinski definition) is 8. The first-order chi connectivity index (χ1) is 15.6. The Balaban J connectivity index is 1.43. The van der Waals surface area contributed by atoms with Gasteiger partial charge in [0, 0.05) is 32.1 Å². The van der Waals surface area contributed by atoms with Gasteiger partial charge >= 0.3 is 6.09 Å². The third-order valence-corrected chi connectivity index (χ3v) is 6.47. The first kappa shape index (κ1) is 25.5. The van der Waals surface area contributed by atoms with E-state index in [1.54, 1.807) is 11.1 Å². The van der Waals surface area contributed by atoms with Gasteiger partial charge in [-0.1, -0.05) is 5.57 Å². The number of ether oxygens (including phenoxy) is 3. The lowest BCUT2D eigenvalue weighted by Crippen LogP contribution is -2.43. The van der Waals surface area contributed by atoms with E-state index in [0.29, 0.717) is 19.0 Å². The van der Waals surface area contributed by atoms with Gasteiger partial charge in [0.15, 0.2) is 12.1 Å². The lowest BCUT2D eigenvalue weighted by atomic mass is 9.93. The molecule has 2 aliphatic heterocycles. The Morgan fingerprint density at radius 2 is 1.85 bits per heavy atom. The average Bonchev–Trinajstić information content (AvgIpc) is 2.75. The summed E-state index contributed by atoms with van der Waals surface area (Å²) >= 11 is 0. The van der Waals surface area contributed by atoms with Crippen LogP contribution in [0.2, 0.25) is 0 Å². The average molecular weight is 485 g/mol. The number of allylic oxidation sites excluding steroid dienone is 1. The molecule has 186 valence electrons. The number of aliphatic imine (C=N–C) groups is 2. The zero-order valence-electron chi connectivity index (χ0n) is 19.9. The minimum Gasteiger partial charge on any atom is -0.477 e. The summed E-state index contributed by atoms with van der Waals surface area (Å²) in [6, 6.07) is 0.